The Hall–Kier alpha value is -3.60. The fraction of sp³-hybridized carbons (Fsp3) is 0.333. The van der Waals surface area contributed by atoms with Crippen molar-refractivity contribution in [2.75, 3.05) is 13.2 Å². The number of hydrogen-bond acceptors (Lipinski definition) is 3. The summed E-state index contributed by atoms with van der Waals surface area (Å²) < 4.78 is 8.31. The zero-order valence-electron chi connectivity index (χ0n) is 20.8. The van der Waals surface area contributed by atoms with Gasteiger partial charge in [-0.15, -0.1) is 0 Å². The van der Waals surface area contributed by atoms with Crippen LogP contribution in [0.3, 0.4) is 0 Å². The molecule has 0 aliphatic heterocycles. The van der Waals surface area contributed by atoms with E-state index in [1.807, 2.05) is 49.4 Å². The number of imidazole rings is 1. The van der Waals surface area contributed by atoms with Crippen molar-refractivity contribution in [2.24, 2.45) is 0 Å². The molecule has 0 atom stereocenters. The van der Waals surface area contributed by atoms with Gasteiger partial charge in [0.2, 0.25) is 0 Å². The van der Waals surface area contributed by atoms with Gasteiger partial charge in [-0.25, -0.2) is 4.98 Å². The SMILES string of the molecule is CCc1ccc(OCCn2c(CCCCCNC(=O)c3ccccc3C)nc3ccccc32)cc1. The molecule has 0 saturated heterocycles. The molecule has 1 heterocycles. The number of unbranched alkanes of at least 4 members (excludes halogenated alkanes) is 2. The summed E-state index contributed by atoms with van der Waals surface area (Å²) in [5.74, 6) is 2.01. The minimum atomic E-state index is 0.00854. The first-order valence-electron chi connectivity index (χ1n) is 12.7. The van der Waals surface area contributed by atoms with Crippen LogP contribution in [-0.2, 0) is 19.4 Å². The van der Waals surface area contributed by atoms with E-state index in [0.29, 0.717) is 13.2 Å². The summed E-state index contributed by atoms with van der Waals surface area (Å²) in [5.41, 5.74) is 5.25. The van der Waals surface area contributed by atoms with Crippen molar-refractivity contribution in [3.05, 3.63) is 95.3 Å². The van der Waals surface area contributed by atoms with E-state index in [2.05, 4.69) is 47.1 Å². The van der Waals surface area contributed by atoms with Crippen molar-refractivity contribution in [2.45, 2.75) is 52.5 Å². The van der Waals surface area contributed by atoms with Gasteiger partial charge < -0.3 is 14.6 Å². The van der Waals surface area contributed by atoms with Crippen molar-refractivity contribution in [1.82, 2.24) is 14.9 Å². The van der Waals surface area contributed by atoms with Crippen LogP contribution in [-0.4, -0.2) is 28.6 Å². The van der Waals surface area contributed by atoms with Gasteiger partial charge >= 0.3 is 0 Å². The highest BCUT2D eigenvalue weighted by Gasteiger charge is 2.11. The Morgan fingerprint density at radius 1 is 0.943 bits per heavy atom. The number of nitrogens with one attached hydrogen (secondary N) is 1. The second-order valence-electron chi connectivity index (χ2n) is 8.90. The summed E-state index contributed by atoms with van der Waals surface area (Å²) >= 11 is 0. The van der Waals surface area contributed by atoms with Gasteiger partial charge in [-0.2, -0.15) is 0 Å². The summed E-state index contributed by atoms with van der Waals surface area (Å²) in [6.45, 7) is 6.17. The minimum Gasteiger partial charge on any atom is -0.492 e. The summed E-state index contributed by atoms with van der Waals surface area (Å²) in [6, 6.07) is 24.3. The second-order valence-corrected chi connectivity index (χ2v) is 8.90. The van der Waals surface area contributed by atoms with Crippen LogP contribution < -0.4 is 10.1 Å². The number of nitrogens with zero attached hydrogens (tertiary/aromatic N) is 2. The van der Waals surface area contributed by atoms with Gasteiger partial charge in [0, 0.05) is 18.5 Å². The molecule has 1 amide bonds. The number of aryl methyl sites for hydroxylation is 3. The van der Waals surface area contributed by atoms with E-state index < -0.39 is 0 Å². The lowest BCUT2D eigenvalue weighted by Gasteiger charge is -2.11. The third-order valence-electron chi connectivity index (χ3n) is 6.40. The topological polar surface area (TPSA) is 56.1 Å². The maximum absolute atomic E-state index is 12.4. The number of fused-ring (bicyclic) bond motifs is 1. The molecule has 1 aromatic heterocycles. The maximum Gasteiger partial charge on any atom is 0.251 e. The fourth-order valence-electron chi connectivity index (χ4n) is 4.35. The first-order chi connectivity index (χ1) is 17.2. The quantitative estimate of drug-likeness (QED) is 0.254. The molecule has 0 radical (unpaired) electrons. The standard InChI is InChI=1S/C30H35N3O2/c1-3-24-16-18-25(19-17-24)35-22-21-33-28-14-9-8-13-27(28)32-29(33)15-5-4-10-20-31-30(34)26-12-7-6-11-23(26)2/h6-9,11-14,16-19H,3-5,10,15,20-22H2,1-2H3,(H,31,34). The lowest BCUT2D eigenvalue weighted by Crippen LogP contribution is -2.25. The molecule has 0 saturated carbocycles. The van der Waals surface area contributed by atoms with Crippen LogP contribution in [0.4, 0.5) is 0 Å². The molecule has 35 heavy (non-hydrogen) atoms. The molecule has 4 aromatic rings. The molecule has 5 heteroatoms. The lowest BCUT2D eigenvalue weighted by atomic mass is 10.1. The van der Waals surface area contributed by atoms with Gasteiger partial charge in [-0.05, 0) is 67.6 Å². The van der Waals surface area contributed by atoms with Gasteiger partial charge in [-0.3, -0.25) is 4.79 Å². The van der Waals surface area contributed by atoms with Crippen LogP contribution in [0.1, 0.15) is 53.5 Å². The van der Waals surface area contributed by atoms with Crippen molar-refractivity contribution in [1.29, 1.82) is 0 Å². The third kappa shape index (κ3) is 6.50. The molecular weight excluding hydrogens is 434 g/mol. The molecule has 4 rings (SSSR count). The number of para-hydroxylation sites is 2. The lowest BCUT2D eigenvalue weighted by molar-refractivity contribution is 0.0952. The first kappa shape index (κ1) is 24.5. The number of ether oxygens (including phenoxy) is 1. The second kappa shape index (κ2) is 12.2. The number of carbonyl (C=O) groups excluding carboxylic acids is 1. The van der Waals surface area contributed by atoms with Gasteiger partial charge in [0.1, 0.15) is 18.2 Å². The Labute approximate surface area is 208 Å². The Balaban J connectivity index is 1.27. The smallest absolute Gasteiger partial charge is 0.251 e. The predicted molar refractivity (Wildman–Crippen MR) is 142 cm³/mol. The van der Waals surface area contributed by atoms with Crippen molar-refractivity contribution in [3.63, 3.8) is 0 Å². The molecule has 0 unspecified atom stereocenters. The van der Waals surface area contributed by atoms with E-state index in [0.717, 1.165) is 72.4 Å². The molecule has 0 spiro atoms. The fourth-order valence-corrected chi connectivity index (χ4v) is 4.35. The average molecular weight is 470 g/mol. The van der Waals surface area contributed by atoms with Crippen LogP contribution in [0.25, 0.3) is 11.0 Å². The van der Waals surface area contributed by atoms with Crippen LogP contribution in [0.15, 0.2) is 72.8 Å². The van der Waals surface area contributed by atoms with E-state index >= 15 is 0 Å². The molecule has 0 aliphatic carbocycles. The molecule has 3 aromatic carbocycles. The Morgan fingerprint density at radius 3 is 2.51 bits per heavy atom. The highest BCUT2D eigenvalue weighted by atomic mass is 16.5. The highest BCUT2D eigenvalue weighted by molar-refractivity contribution is 5.95. The molecule has 182 valence electrons. The van der Waals surface area contributed by atoms with E-state index in [-0.39, 0.29) is 5.91 Å². The summed E-state index contributed by atoms with van der Waals surface area (Å²) in [4.78, 5) is 17.3. The van der Waals surface area contributed by atoms with Gasteiger partial charge in [-0.1, -0.05) is 55.8 Å². The number of rotatable bonds is 12. The Morgan fingerprint density at radius 2 is 1.71 bits per heavy atom. The largest absolute Gasteiger partial charge is 0.492 e. The zero-order chi connectivity index (χ0) is 24.5. The predicted octanol–water partition coefficient (Wildman–Crippen LogP) is 6.13. The number of aromatic nitrogens is 2. The monoisotopic (exact) mass is 469 g/mol. The number of amides is 1. The molecule has 1 N–H and O–H groups in total. The van der Waals surface area contributed by atoms with E-state index in [1.54, 1.807) is 0 Å². The number of hydrogen-bond donors (Lipinski definition) is 1. The highest BCUT2D eigenvalue weighted by Crippen LogP contribution is 2.19. The maximum atomic E-state index is 12.4. The Kier molecular flexibility index (Phi) is 8.55. The average Bonchev–Trinajstić information content (AvgIpc) is 3.24. The van der Waals surface area contributed by atoms with Gasteiger partial charge in [0.25, 0.3) is 5.91 Å². The third-order valence-corrected chi connectivity index (χ3v) is 6.40. The molecule has 0 bridgehead atoms. The van der Waals surface area contributed by atoms with Crippen LogP contribution in [0.5, 0.6) is 5.75 Å². The molecule has 5 nitrogen and oxygen atoms in total. The van der Waals surface area contributed by atoms with Crippen molar-refractivity contribution < 1.29 is 9.53 Å². The van der Waals surface area contributed by atoms with Gasteiger partial charge in [0.15, 0.2) is 0 Å². The molecule has 0 fully saturated rings. The van der Waals surface area contributed by atoms with Crippen LogP contribution in [0, 0.1) is 6.92 Å². The van der Waals surface area contributed by atoms with Crippen molar-refractivity contribution >= 4 is 16.9 Å². The summed E-state index contributed by atoms with van der Waals surface area (Å²) in [6.07, 6.45) is 4.96. The van der Waals surface area contributed by atoms with Gasteiger partial charge in [0.05, 0.1) is 17.6 Å². The first-order valence-corrected chi connectivity index (χ1v) is 12.7. The normalized spacial score (nSPS) is 11.0. The van der Waals surface area contributed by atoms with Crippen LogP contribution in [0.2, 0.25) is 0 Å². The minimum absolute atomic E-state index is 0.00854. The molecule has 0 aliphatic rings. The van der Waals surface area contributed by atoms with Crippen LogP contribution >= 0.6 is 0 Å². The number of carbonyl (C=O) groups is 1. The van der Waals surface area contributed by atoms with E-state index in [9.17, 15) is 4.79 Å². The number of benzene rings is 3. The molecular formula is C30H35N3O2. The summed E-state index contributed by atoms with van der Waals surface area (Å²) in [7, 11) is 0. The van der Waals surface area contributed by atoms with E-state index in [4.69, 9.17) is 9.72 Å². The Bertz CT molecular complexity index is 1240. The zero-order valence-corrected chi connectivity index (χ0v) is 20.8. The van der Waals surface area contributed by atoms with Crippen molar-refractivity contribution in [3.8, 4) is 5.75 Å². The van der Waals surface area contributed by atoms with E-state index in [1.165, 1.54) is 5.56 Å². The summed E-state index contributed by atoms with van der Waals surface area (Å²) in [5, 5.41) is 3.05.